The molecule has 5 aliphatic rings. The highest BCUT2D eigenvalue weighted by atomic mass is 32.2. The molecule has 1 aromatic heterocycles. The van der Waals surface area contributed by atoms with Crippen LogP contribution in [0.1, 0.15) is 98.1 Å². The first kappa shape index (κ1) is 44.4. The summed E-state index contributed by atoms with van der Waals surface area (Å²) in [6.07, 6.45) is 1.93. The quantitative estimate of drug-likeness (QED) is 0.295. The Morgan fingerprint density at radius 2 is 1.82 bits per heavy atom. The van der Waals surface area contributed by atoms with Crippen LogP contribution in [0.4, 0.5) is 13.6 Å². The molecule has 2 bridgehead atoms. The number of rotatable bonds is 8. The number of alkyl halides is 2. The van der Waals surface area contributed by atoms with E-state index in [1.165, 1.54) is 18.9 Å². The normalized spacial score (nSPS) is 31.7. The minimum Gasteiger partial charge on any atom is -0.497 e. The zero-order chi connectivity index (χ0) is 44.2. The highest BCUT2D eigenvalue weighted by molar-refractivity contribution is 7.91. The second-order valence-corrected chi connectivity index (χ2v) is 21.2. The van der Waals surface area contributed by atoms with Crippen molar-refractivity contribution in [3.63, 3.8) is 0 Å². The maximum atomic E-state index is 14.9. The number of halogens is 2. The van der Waals surface area contributed by atoms with Crippen molar-refractivity contribution < 1.29 is 50.6 Å². The summed E-state index contributed by atoms with van der Waals surface area (Å²) in [5.74, 6) is -4.45. The number of methoxy groups -OCH3 is 1. The lowest BCUT2D eigenvalue weighted by molar-refractivity contribution is -0.143. The first-order valence-electron chi connectivity index (χ1n) is 21.3. The van der Waals surface area contributed by atoms with Crippen molar-refractivity contribution in [2.45, 2.75) is 140 Å². The van der Waals surface area contributed by atoms with Crippen molar-refractivity contribution in [3.05, 3.63) is 36.5 Å². The number of nitrogens with one attached hydrogen (secondary N) is 3. The van der Waals surface area contributed by atoms with Crippen LogP contribution in [0.15, 0.2) is 30.9 Å². The first-order valence-corrected chi connectivity index (χ1v) is 22.8. The van der Waals surface area contributed by atoms with E-state index in [4.69, 9.17) is 24.2 Å². The van der Waals surface area contributed by atoms with Gasteiger partial charge in [0.25, 0.3) is 5.91 Å². The predicted octanol–water partition coefficient (Wildman–Crippen LogP) is 5.21. The number of ether oxygens (including phenoxy) is 3. The summed E-state index contributed by atoms with van der Waals surface area (Å²) in [4.78, 5) is 68.1. The summed E-state index contributed by atoms with van der Waals surface area (Å²) in [6.45, 7) is 12.1. The average molecular weight is 873 g/mol. The Bertz CT molecular complexity index is 2180. The van der Waals surface area contributed by atoms with E-state index in [2.05, 4.69) is 17.2 Å². The molecule has 0 spiro atoms. The van der Waals surface area contributed by atoms with Gasteiger partial charge in [-0.15, -0.1) is 6.58 Å². The van der Waals surface area contributed by atoms with Crippen LogP contribution < -0.4 is 24.8 Å². The summed E-state index contributed by atoms with van der Waals surface area (Å²) in [7, 11) is -2.72. The Kier molecular flexibility index (Phi) is 12.1. The van der Waals surface area contributed by atoms with Gasteiger partial charge in [0.05, 0.1) is 35.4 Å². The molecule has 3 aliphatic carbocycles. The molecule has 2 aliphatic heterocycles. The monoisotopic (exact) mass is 872 g/mol. The molecular weight excluding hydrogens is 815 g/mol. The van der Waals surface area contributed by atoms with Gasteiger partial charge in [-0.25, -0.2) is 32.0 Å². The molecule has 18 heteroatoms. The number of hydrogen-bond donors (Lipinski definition) is 3. The molecular formula is C43H58F2N6O9S. The highest BCUT2D eigenvalue weighted by Gasteiger charge is 2.67. The molecule has 0 radical (unpaired) electrons. The summed E-state index contributed by atoms with van der Waals surface area (Å²) in [5, 5.41) is 5.28. The molecule has 2 aromatic rings. The van der Waals surface area contributed by atoms with Crippen molar-refractivity contribution in [1.82, 2.24) is 30.2 Å². The Hall–Kier alpha value is -4.61. The van der Waals surface area contributed by atoms with Crippen LogP contribution in [-0.2, 0) is 35.6 Å². The van der Waals surface area contributed by atoms with E-state index in [0.717, 1.165) is 32.1 Å². The van der Waals surface area contributed by atoms with Gasteiger partial charge in [-0.1, -0.05) is 46.6 Å². The van der Waals surface area contributed by atoms with Gasteiger partial charge in [-0.3, -0.25) is 19.1 Å². The van der Waals surface area contributed by atoms with Gasteiger partial charge in [0.2, 0.25) is 34.1 Å². The third-order valence-electron chi connectivity index (χ3n) is 13.5. The van der Waals surface area contributed by atoms with Gasteiger partial charge in [-0.2, -0.15) is 0 Å². The van der Waals surface area contributed by atoms with Crippen LogP contribution in [0.2, 0.25) is 0 Å². The van der Waals surface area contributed by atoms with Crippen molar-refractivity contribution in [2.75, 3.05) is 13.7 Å². The fourth-order valence-electron chi connectivity index (χ4n) is 9.17. The third kappa shape index (κ3) is 8.87. The number of carbonyl (C=O) groups excluding carboxylic acids is 4. The van der Waals surface area contributed by atoms with E-state index in [1.54, 1.807) is 45.9 Å². The van der Waals surface area contributed by atoms with Gasteiger partial charge >= 0.3 is 6.09 Å². The standard InChI is InChI=1S/C43H58F2N6O9S/c1-8-24-18-25-12-10-9-11-13-29-37(47-30-20-26(58-7)14-15-28(30)46-29)59-32-22-51(38(53)34(41(3,4)5)48-40(55)60-31(25)19-24)33(23(32)2)36(52)49-43(21-27(43)35(44)45)39(54)50-61(56,57)42(6)16-17-42/h8,14-15,20,23-25,27,31-35H,1,9-13,16-19,21-22H2,2-7H3,(H,48,55)(H,49,52)(H,50,54)/t23-,24-,25-,27+,31-,32+,33+,34-,43-/m1/s1. The molecule has 1 saturated heterocycles. The van der Waals surface area contributed by atoms with E-state index in [9.17, 15) is 36.4 Å². The highest BCUT2D eigenvalue weighted by Crippen LogP contribution is 2.50. The number of fused-ring (bicyclic) bond motifs is 5. The van der Waals surface area contributed by atoms with E-state index in [0.29, 0.717) is 35.3 Å². The van der Waals surface area contributed by atoms with E-state index >= 15 is 0 Å². The number of amides is 4. The minimum atomic E-state index is -4.25. The van der Waals surface area contributed by atoms with Gasteiger partial charge in [-0.05, 0) is 87.7 Å². The topological polar surface area (TPSA) is 195 Å². The van der Waals surface area contributed by atoms with Gasteiger partial charge < -0.3 is 29.7 Å². The van der Waals surface area contributed by atoms with Crippen LogP contribution in [0, 0.1) is 29.1 Å². The van der Waals surface area contributed by atoms with Crippen molar-refractivity contribution >= 4 is 44.9 Å². The number of aromatic nitrogens is 2. The number of alkyl carbamates (subject to hydrolysis) is 1. The molecule has 4 fully saturated rings. The first-order chi connectivity index (χ1) is 28.7. The summed E-state index contributed by atoms with van der Waals surface area (Å²) in [5.41, 5.74) is -1.51. The number of allylic oxidation sites excluding steroid dienone is 1. The number of hydrogen-bond acceptors (Lipinski definition) is 11. The molecule has 7 rings (SSSR count). The predicted molar refractivity (Wildman–Crippen MR) is 220 cm³/mol. The van der Waals surface area contributed by atoms with Crippen molar-refractivity contribution in [1.29, 1.82) is 0 Å². The summed E-state index contributed by atoms with van der Waals surface area (Å²) in [6, 6.07) is 2.64. The van der Waals surface area contributed by atoms with E-state index < -0.39 is 98.5 Å². The smallest absolute Gasteiger partial charge is 0.408 e. The zero-order valence-electron chi connectivity index (χ0n) is 35.7. The number of nitrogens with zero attached hydrogens (tertiary/aromatic N) is 3. The Morgan fingerprint density at radius 1 is 1.08 bits per heavy atom. The Morgan fingerprint density at radius 3 is 2.46 bits per heavy atom. The largest absolute Gasteiger partial charge is 0.497 e. The second-order valence-electron chi connectivity index (χ2n) is 19.0. The molecule has 15 nitrogen and oxygen atoms in total. The average Bonchev–Trinajstić information content (AvgIpc) is 4.06. The van der Waals surface area contributed by atoms with Crippen LogP contribution in [-0.4, -0.2) is 102 Å². The number of carbonyl (C=O) groups is 4. The number of benzene rings is 1. The molecule has 3 saturated carbocycles. The molecule has 334 valence electrons. The minimum absolute atomic E-state index is 0.0742. The molecule has 61 heavy (non-hydrogen) atoms. The molecule has 3 heterocycles. The summed E-state index contributed by atoms with van der Waals surface area (Å²) >= 11 is 0. The Labute approximate surface area is 355 Å². The zero-order valence-corrected chi connectivity index (χ0v) is 36.5. The fourth-order valence-corrected chi connectivity index (χ4v) is 10.5. The van der Waals surface area contributed by atoms with Crippen LogP contribution in [0.3, 0.4) is 0 Å². The molecule has 1 aromatic carbocycles. The lowest BCUT2D eigenvalue weighted by Gasteiger charge is -2.36. The lowest BCUT2D eigenvalue weighted by Crippen LogP contribution is -2.61. The van der Waals surface area contributed by atoms with Crippen LogP contribution >= 0.6 is 0 Å². The van der Waals surface area contributed by atoms with Crippen molar-refractivity contribution in [3.8, 4) is 11.6 Å². The van der Waals surface area contributed by atoms with E-state index in [-0.39, 0.29) is 37.1 Å². The molecule has 0 unspecified atom stereocenters. The van der Waals surface area contributed by atoms with Crippen LogP contribution in [0.5, 0.6) is 11.6 Å². The lowest BCUT2D eigenvalue weighted by atomic mass is 9.85. The molecule has 4 amide bonds. The third-order valence-corrected chi connectivity index (χ3v) is 15.7. The number of aryl methyl sites for hydroxylation is 1. The second kappa shape index (κ2) is 16.6. The van der Waals surface area contributed by atoms with E-state index in [1.807, 2.05) is 10.8 Å². The van der Waals surface area contributed by atoms with Gasteiger partial charge in [0.1, 0.15) is 41.3 Å². The maximum Gasteiger partial charge on any atom is 0.408 e. The number of sulfonamides is 1. The van der Waals surface area contributed by atoms with Gasteiger partial charge in [0.15, 0.2) is 0 Å². The molecule has 9 atom stereocenters. The van der Waals surface area contributed by atoms with Gasteiger partial charge in [0, 0.05) is 12.0 Å². The van der Waals surface area contributed by atoms with Crippen LogP contribution in [0.25, 0.3) is 11.0 Å². The van der Waals surface area contributed by atoms with Crippen molar-refractivity contribution in [2.24, 2.45) is 29.1 Å². The molecule has 3 N–H and O–H groups in total. The SMILES string of the molecule is C=C[C@@H]1C[C@H]2CCCCCc3nc4ccc(OC)cc4nc3O[C@H]3CN(C(=O)[C@H](C(C)(C)C)NC(=O)O[C@@H]2C1)[C@H](C(=O)N[C@]1(C(=O)NS(=O)(=O)C2(C)CC2)C[C@H]1C(F)F)[C@@H]3C. The maximum absolute atomic E-state index is 14.9. The summed E-state index contributed by atoms with van der Waals surface area (Å²) < 4.78 is 73.8. The Balaban J connectivity index is 1.26. The fraction of sp³-hybridized carbons (Fsp3) is 0.674.